The molecular formula is C23H29BrN4O3. The van der Waals surface area contributed by atoms with E-state index in [1.165, 1.54) is 0 Å². The topological polar surface area (TPSA) is 82.7 Å². The SMILES string of the molecule is CCOCCCNC(=O)c1cc(NC(=O)Nc2ccccc2Br)ccc1N1CCCC1. The van der Waals surface area contributed by atoms with Gasteiger partial charge in [0, 0.05) is 48.7 Å². The lowest BCUT2D eigenvalue weighted by Gasteiger charge is -2.22. The van der Waals surface area contributed by atoms with E-state index >= 15 is 0 Å². The van der Waals surface area contributed by atoms with Crippen molar-refractivity contribution in [2.75, 3.05) is 48.4 Å². The first kappa shape index (κ1) is 23.1. The highest BCUT2D eigenvalue weighted by molar-refractivity contribution is 9.10. The van der Waals surface area contributed by atoms with Crippen LogP contribution in [0, 0.1) is 0 Å². The van der Waals surface area contributed by atoms with Gasteiger partial charge in [-0.3, -0.25) is 4.79 Å². The maximum Gasteiger partial charge on any atom is 0.323 e. The smallest absolute Gasteiger partial charge is 0.323 e. The molecule has 0 atom stereocenters. The zero-order valence-electron chi connectivity index (χ0n) is 17.7. The van der Waals surface area contributed by atoms with Gasteiger partial charge in [0.1, 0.15) is 0 Å². The van der Waals surface area contributed by atoms with Crippen molar-refractivity contribution in [2.24, 2.45) is 0 Å². The maximum atomic E-state index is 12.9. The van der Waals surface area contributed by atoms with Crippen LogP contribution in [0.25, 0.3) is 0 Å². The summed E-state index contributed by atoms with van der Waals surface area (Å²) in [6, 6.07) is 12.5. The van der Waals surface area contributed by atoms with Crippen molar-refractivity contribution in [1.29, 1.82) is 0 Å². The summed E-state index contributed by atoms with van der Waals surface area (Å²) in [5.41, 5.74) is 2.70. The highest BCUT2D eigenvalue weighted by atomic mass is 79.9. The molecule has 7 nitrogen and oxygen atoms in total. The van der Waals surface area contributed by atoms with E-state index in [4.69, 9.17) is 4.74 Å². The number of amides is 3. The number of para-hydroxylation sites is 1. The molecule has 31 heavy (non-hydrogen) atoms. The van der Waals surface area contributed by atoms with Crippen LogP contribution in [0.3, 0.4) is 0 Å². The monoisotopic (exact) mass is 488 g/mol. The van der Waals surface area contributed by atoms with Crippen LogP contribution in [0.5, 0.6) is 0 Å². The van der Waals surface area contributed by atoms with Gasteiger partial charge in [0.15, 0.2) is 0 Å². The predicted octanol–water partition coefficient (Wildman–Crippen LogP) is 4.85. The van der Waals surface area contributed by atoms with Crippen LogP contribution < -0.4 is 20.9 Å². The maximum absolute atomic E-state index is 12.9. The molecule has 1 heterocycles. The number of carbonyl (C=O) groups is 2. The van der Waals surface area contributed by atoms with Gasteiger partial charge >= 0.3 is 6.03 Å². The number of benzene rings is 2. The van der Waals surface area contributed by atoms with Crippen molar-refractivity contribution in [3.8, 4) is 0 Å². The van der Waals surface area contributed by atoms with Gasteiger partial charge in [-0.25, -0.2) is 4.79 Å². The lowest BCUT2D eigenvalue weighted by Crippen LogP contribution is -2.29. The van der Waals surface area contributed by atoms with Crippen molar-refractivity contribution < 1.29 is 14.3 Å². The van der Waals surface area contributed by atoms with E-state index in [0.717, 1.165) is 42.5 Å². The average molecular weight is 489 g/mol. The summed E-state index contributed by atoms with van der Waals surface area (Å²) in [5, 5.41) is 8.60. The van der Waals surface area contributed by atoms with Gasteiger partial charge in [0.2, 0.25) is 0 Å². The third-order valence-electron chi connectivity index (χ3n) is 5.02. The van der Waals surface area contributed by atoms with Gasteiger partial charge in [-0.05, 0) is 72.4 Å². The summed E-state index contributed by atoms with van der Waals surface area (Å²) in [4.78, 5) is 27.6. The number of rotatable bonds is 9. The van der Waals surface area contributed by atoms with Crippen molar-refractivity contribution in [3.63, 3.8) is 0 Å². The number of carbonyl (C=O) groups excluding carboxylic acids is 2. The zero-order valence-corrected chi connectivity index (χ0v) is 19.3. The van der Waals surface area contributed by atoms with Gasteiger partial charge in [0.05, 0.1) is 11.3 Å². The van der Waals surface area contributed by atoms with E-state index in [9.17, 15) is 9.59 Å². The normalized spacial score (nSPS) is 13.2. The fraction of sp³-hybridized carbons (Fsp3) is 0.391. The Hall–Kier alpha value is -2.58. The second-order valence-electron chi connectivity index (χ2n) is 7.29. The molecule has 2 aromatic carbocycles. The fourth-order valence-electron chi connectivity index (χ4n) is 3.49. The highest BCUT2D eigenvalue weighted by Crippen LogP contribution is 2.28. The molecule has 0 spiro atoms. The van der Waals surface area contributed by atoms with E-state index in [-0.39, 0.29) is 11.9 Å². The minimum absolute atomic E-state index is 0.145. The van der Waals surface area contributed by atoms with E-state index in [1.807, 2.05) is 37.3 Å². The molecule has 1 fully saturated rings. The molecule has 2 aromatic rings. The Morgan fingerprint density at radius 2 is 1.87 bits per heavy atom. The van der Waals surface area contributed by atoms with Gasteiger partial charge in [0.25, 0.3) is 5.91 Å². The first-order chi connectivity index (χ1) is 15.1. The first-order valence-corrected chi connectivity index (χ1v) is 11.4. The van der Waals surface area contributed by atoms with Crippen molar-refractivity contribution >= 4 is 44.9 Å². The lowest BCUT2D eigenvalue weighted by atomic mass is 10.1. The van der Waals surface area contributed by atoms with Crippen LogP contribution in [0.4, 0.5) is 21.9 Å². The quantitative estimate of drug-likeness (QED) is 0.440. The van der Waals surface area contributed by atoms with Crippen LogP contribution in [0.2, 0.25) is 0 Å². The minimum Gasteiger partial charge on any atom is -0.382 e. The number of urea groups is 1. The van der Waals surface area contributed by atoms with Gasteiger partial charge < -0.3 is 25.6 Å². The van der Waals surface area contributed by atoms with Crippen molar-refractivity contribution in [1.82, 2.24) is 5.32 Å². The summed E-state index contributed by atoms with van der Waals surface area (Å²) < 4.78 is 6.12. The number of ether oxygens (including phenoxy) is 1. The third kappa shape index (κ3) is 6.70. The molecule has 0 unspecified atom stereocenters. The standard InChI is InChI=1S/C23H29BrN4O3/c1-2-31-15-7-12-25-22(29)18-16-17(10-11-21(18)28-13-5-6-14-28)26-23(30)27-20-9-4-3-8-19(20)24/h3-4,8-11,16H,2,5-7,12-15H2,1H3,(H,25,29)(H2,26,27,30). The molecule has 3 N–H and O–H groups in total. The molecular weight excluding hydrogens is 460 g/mol. The molecule has 0 saturated carbocycles. The lowest BCUT2D eigenvalue weighted by molar-refractivity contribution is 0.0944. The van der Waals surface area contributed by atoms with E-state index in [0.29, 0.717) is 36.7 Å². The zero-order chi connectivity index (χ0) is 22.1. The Balaban J connectivity index is 1.71. The molecule has 0 aromatic heterocycles. The Morgan fingerprint density at radius 1 is 1.10 bits per heavy atom. The molecule has 1 aliphatic rings. The second kappa shape index (κ2) is 11.7. The second-order valence-corrected chi connectivity index (χ2v) is 8.15. The largest absolute Gasteiger partial charge is 0.382 e. The molecule has 0 bridgehead atoms. The van der Waals surface area contributed by atoms with Gasteiger partial charge in [-0.15, -0.1) is 0 Å². The number of anilines is 3. The Kier molecular flexibility index (Phi) is 8.73. The minimum atomic E-state index is -0.371. The molecule has 0 aliphatic carbocycles. The van der Waals surface area contributed by atoms with Crippen LogP contribution in [0.15, 0.2) is 46.9 Å². The average Bonchev–Trinajstić information content (AvgIpc) is 3.30. The fourth-order valence-corrected chi connectivity index (χ4v) is 3.88. The molecule has 0 radical (unpaired) electrons. The van der Waals surface area contributed by atoms with E-state index in [2.05, 4.69) is 36.8 Å². The number of halogens is 1. The molecule has 3 amide bonds. The third-order valence-corrected chi connectivity index (χ3v) is 5.71. The van der Waals surface area contributed by atoms with E-state index < -0.39 is 0 Å². The number of nitrogens with zero attached hydrogens (tertiary/aromatic N) is 1. The van der Waals surface area contributed by atoms with Gasteiger partial charge in [-0.1, -0.05) is 12.1 Å². The summed E-state index contributed by atoms with van der Waals surface area (Å²) in [6.45, 7) is 5.64. The summed E-state index contributed by atoms with van der Waals surface area (Å²) in [6.07, 6.45) is 2.98. The Morgan fingerprint density at radius 3 is 2.61 bits per heavy atom. The molecule has 3 rings (SSSR count). The molecule has 8 heteroatoms. The predicted molar refractivity (Wildman–Crippen MR) is 128 cm³/mol. The van der Waals surface area contributed by atoms with Crippen LogP contribution in [0.1, 0.15) is 36.5 Å². The number of nitrogens with one attached hydrogen (secondary N) is 3. The summed E-state index contributed by atoms with van der Waals surface area (Å²) in [7, 11) is 0. The summed E-state index contributed by atoms with van der Waals surface area (Å²) in [5.74, 6) is -0.145. The number of hydrogen-bond acceptors (Lipinski definition) is 4. The van der Waals surface area contributed by atoms with Crippen LogP contribution >= 0.6 is 15.9 Å². The van der Waals surface area contributed by atoms with E-state index in [1.54, 1.807) is 12.1 Å². The molecule has 1 saturated heterocycles. The van der Waals surface area contributed by atoms with Crippen LogP contribution in [-0.2, 0) is 4.74 Å². The number of hydrogen-bond donors (Lipinski definition) is 3. The molecule has 166 valence electrons. The highest BCUT2D eigenvalue weighted by Gasteiger charge is 2.20. The van der Waals surface area contributed by atoms with Crippen molar-refractivity contribution in [3.05, 3.63) is 52.5 Å². The van der Waals surface area contributed by atoms with Gasteiger partial charge in [-0.2, -0.15) is 0 Å². The first-order valence-electron chi connectivity index (χ1n) is 10.7. The Bertz CT molecular complexity index is 900. The molecule has 1 aliphatic heterocycles. The van der Waals surface area contributed by atoms with Crippen LogP contribution in [-0.4, -0.2) is 44.8 Å². The summed E-state index contributed by atoms with van der Waals surface area (Å²) >= 11 is 3.42. The van der Waals surface area contributed by atoms with Crippen molar-refractivity contribution in [2.45, 2.75) is 26.2 Å². The Labute approximate surface area is 191 Å².